The van der Waals surface area contributed by atoms with Crippen LogP contribution in [0.25, 0.3) is 22.2 Å². The first-order valence-corrected chi connectivity index (χ1v) is 10.0. The Labute approximate surface area is 173 Å². The van der Waals surface area contributed by atoms with Crippen LogP contribution in [0.5, 0.6) is 0 Å². The lowest BCUT2D eigenvalue weighted by atomic mass is 9.70. The molecule has 0 radical (unpaired) electrons. The number of hydrogen-bond acceptors (Lipinski definition) is 2. The minimum absolute atomic E-state index is 0.0204. The van der Waals surface area contributed by atoms with Gasteiger partial charge in [-0.1, -0.05) is 0 Å². The van der Waals surface area contributed by atoms with Gasteiger partial charge in [-0.2, -0.15) is 0 Å². The second-order valence-corrected chi connectivity index (χ2v) is 8.18. The molecule has 0 saturated heterocycles. The van der Waals surface area contributed by atoms with Gasteiger partial charge in [0.05, 0.1) is 17.8 Å². The van der Waals surface area contributed by atoms with Gasteiger partial charge in [0, 0.05) is 25.5 Å². The molecular formula is C23H24F3N3O. The summed E-state index contributed by atoms with van der Waals surface area (Å²) in [4.78, 5) is 16.3. The van der Waals surface area contributed by atoms with Gasteiger partial charge in [-0.15, -0.1) is 0 Å². The SMILES string of the molecule is CN(C)C(=O)CNCC1CC(c2c(-c3ccc(F)cc3)[nH]c3c(F)cc(F)cc23)C1. The lowest BCUT2D eigenvalue weighted by Crippen LogP contribution is -2.38. The van der Waals surface area contributed by atoms with Crippen molar-refractivity contribution in [3.63, 3.8) is 0 Å². The highest BCUT2D eigenvalue weighted by atomic mass is 19.1. The molecule has 1 saturated carbocycles. The summed E-state index contributed by atoms with van der Waals surface area (Å²) >= 11 is 0. The highest BCUT2D eigenvalue weighted by molar-refractivity contribution is 5.92. The molecule has 4 rings (SSSR count). The second-order valence-electron chi connectivity index (χ2n) is 8.18. The first-order chi connectivity index (χ1) is 14.3. The number of aromatic nitrogens is 1. The van der Waals surface area contributed by atoms with E-state index in [4.69, 9.17) is 0 Å². The van der Waals surface area contributed by atoms with E-state index in [1.807, 2.05) is 0 Å². The number of carbonyl (C=O) groups is 1. The third kappa shape index (κ3) is 3.94. The monoisotopic (exact) mass is 415 g/mol. The summed E-state index contributed by atoms with van der Waals surface area (Å²) in [5.41, 5.74) is 2.58. The van der Waals surface area contributed by atoms with Gasteiger partial charge in [0.15, 0.2) is 0 Å². The van der Waals surface area contributed by atoms with Gasteiger partial charge in [-0.25, -0.2) is 13.2 Å². The number of benzene rings is 2. The zero-order chi connectivity index (χ0) is 21.4. The molecule has 0 bridgehead atoms. The number of aromatic amines is 1. The minimum Gasteiger partial charge on any atom is -0.352 e. The van der Waals surface area contributed by atoms with Crippen LogP contribution in [-0.4, -0.2) is 43.0 Å². The molecule has 1 heterocycles. The van der Waals surface area contributed by atoms with Crippen LogP contribution in [0, 0.1) is 23.4 Å². The van der Waals surface area contributed by atoms with Gasteiger partial charge < -0.3 is 15.2 Å². The Kier molecular flexibility index (Phi) is 5.56. The van der Waals surface area contributed by atoms with Crippen LogP contribution >= 0.6 is 0 Å². The summed E-state index contributed by atoms with van der Waals surface area (Å²) in [5.74, 6) is -1.07. The van der Waals surface area contributed by atoms with Gasteiger partial charge in [0.1, 0.15) is 17.5 Å². The quantitative estimate of drug-likeness (QED) is 0.626. The van der Waals surface area contributed by atoms with Crippen molar-refractivity contribution in [1.82, 2.24) is 15.2 Å². The van der Waals surface area contributed by atoms with E-state index in [1.54, 1.807) is 31.1 Å². The van der Waals surface area contributed by atoms with Gasteiger partial charge in [-0.05, 0) is 72.7 Å². The van der Waals surface area contributed by atoms with Crippen molar-refractivity contribution in [2.45, 2.75) is 18.8 Å². The number of halogens is 3. The maximum Gasteiger partial charge on any atom is 0.236 e. The molecule has 1 fully saturated rings. The zero-order valence-corrected chi connectivity index (χ0v) is 16.9. The summed E-state index contributed by atoms with van der Waals surface area (Å²) < 4.78 is 41.8. The molecule has 7 heteroatoms. The van der Waals surface area contributed by atoms with E-state index in [-0.39, 0.29) is 23.2 Å². The number of nitrogens with one attached hydrogen (secondary N) is 2. The maximum absolute atomic E-state index is 14.4. The van der Waals surface area contributed by atoms with E-state index in [9.17, 15) is 18.0 Å². The van der Waals surface area contributed by atoms with Crippen molar-refractivity contribution >= 4 is 16.8 Å². The number of likely N-dealkylation sites (N-methyl/N-ethyl adjacent to an activating group) is 1. The summed E-state index contributed by atoms with van der Waals surface area (Å²) in [6, 6.07) is 8.23. The molecule has 0 unspecified atom stereocenters. The first-order valence-electron chi connectivity index (χ1n) is 10.0. The molecule has 4 nitrogen and oxygen atoms in total. The summed E-state index contributed by atoms with van der Waals surface area (Å²) in [5, 5.41) is 3.71. The Hall–Kier alpha value is -2.80. The molecule has 1 aliphatic rings. The van der Waals surface area contributed by atoms with Crippen molar-refractivity contribution < 1.29 is 18.0 Å². The molecule has 158 valence electrons. The fraction of sp³-hybridized carbons (Fsp3) is 0.348. The standard InChI is InChI=1S/C23H24F3N3O/c1-29(2)20(30)12-27-11-13-7-15(8-13)21-18-9-17(25)10-19(26)23(18)28-22(21)14-3-5-16(24)6-4-14/h3-6,9-10,13,15,27-28H,7-8,11-12H2,1-2H3. The molecule has 0 aliphatic heterocycles. The van der Waals surface area contributed by atoms with Crippen LogP contribution in [-0.2, 0) is 4.79 Å². The second kappa shape index (κ2) is 8.14. The average molecular weight is 415 g/mol. The van der Waals surface area contributed by atoms with E-state index >= 15 is 0 Å². The lowest BCUT2D eigenvalue weighted by Gasteiger charge is -2.36. The third-order valence-corrected chi connectivity index (χ3v) is 5.85. The van der Waals surface area contributed by atoms with Crippen molar-refractivity contribution in [2.24, 2.45) is 5.92 Å². The van der Waals surface area contributed by atoms with Crippen LogP contribution in [0.1, 0.15) is 24.3 Å². The summed E-state index contributed by atoms with van der Waals surface area (Å²) in [7, 11) is 3.44. The summed E-state index contributed by atoms with van der Waals surface area (Å²) in [6.07, 6.45) is 1.70. The van der Waals surface area contributed by atoms with E-state index in [2.05, 4.69) is 10.3 Å². The molecule has 0 spiro atoms. The normalized spacial score (nSPS) is 18.4. The van der Waals surface area contributed by atoms with Crippen molar-refractivity contribution in [2.75, 3.05) is 27.2 Å². The van der Waals surface area contributed by atoms with Gasteiger partial charge in [0.2, 0.25) is 5.91 Å². The van der Waals surface area contributed by atoms with Crippen molar-refractivity contribution in [3.05, 3.63) is 59.4 Å². The predicted molar refractivity (Wildman–Crippen MR) is 111 cm³/mol. The summed E-state index contributed by atoms with van der Waals surface area (Å²) in [6.45, 7) is 1.01. The van der Waals surface area contributed by atoms with Gasteiger partial charge in [0.25, 0.3) is 0 Å². The van der Waals surface area contributed by atoms with E-state index in [0.717, 1.165) is 30.0 Å². The molecule has 2 N–H and O–H groups in total. The van der Waals surface area contributed by atoms with Gasteiger partial charge in [-0.3, -0.25) is 4.79 Å². The van der Waals surface area contributed by atoms with E-state index in [0.29, 0.717) is 30.1 Å². The van der Waals surface area contributed by atoms with Crippen LogP contribution in [0.2, 0.25) is 0 Å². The van der Waals surface area contributed by atoms with Crippen molar-refractivity contribution in [1.29, 1.82) is 0 Å². The highest BCUT2D eigenvalue weighted by Gasteiger charge is 2.34. The number of rotatable bonds is 6. The first kappa shape index (κ1) is 20.5. The number of nitrogens with zero attached hydrogens (tertiary/aromatic N) is 1. The highest BCUT2D eigenvalue weighted by Crippen LogP contribution is 2.48. The Morgan fingerprint density at radius 3 is 2.47 bits per heavy atom. The topological polar surface area (TPSA) is 48.1 Å². The molecule has 30 heavy (non-hydrogen) atoms. The van der Waals surface area contributed by atoms with Crippen molar-refractivity contribution in [3.8, 4) is 11.3 Å². The minimum atomic E-state index is -0.639. The average Bonchev–Trinajstić information content (AvgIpc) is 3.03. The third-order valence-electron chi connectivity index (χ3n) is 5.85. The Morgan fingerprint density at radius 1 is 1.10 bits per heavy atom. The molecule has 0 atom stereocenters. The molecule has 2 aromatic carbocycles. The van der Waals surface area contributed by atoms with E-state index in [1.165, 1.54) is 18.2 Å². The number of carbonyl (C=O) groups excluding carboxylic acids is 1. The number of hydrogen-bond donors (Lipinski definition) is 2. The molecule has 3 aromatic rings. The van der Waals surface area contributed by atoms with E-state index < -0.39 is 11.6 Å². The number of H-pyrrole nitrogens is 1. The Morgan fingerprint density at radius 2 is 1.80 bits per heavy atom. The number of amides is 1. The number of fused-ring (bicyclic) bond motifs is 1. The maximum atomic E-state index is 14.4. The molecular weight excluding hydrogens is 391 g/mol. The zero-order valence-electron chi connectivity index (χ0n) is 16.9. The smallest absolute Gasteiger partial charge is 0.236 e. The van der Waals surface area contributed by atoms with Crippen LogP contribution in [0.4, 0.5) is 13.2 Å². The largest absolute Gasteiger partial charge is 0.352 e. The van der Waals surface area contributed by atoms with Crippen LogP contribution in [0.15, 0.2) is 36.4 Å². The Balaban J connectivity index is 1.58. The molecule has 1 aromatic heterocycles. The Bertz CT molecular complexity index is 1070. The van der Waals surface area contributed by atoms with Gasteiger partial charge >= 0.3 is 0 Å². The fourth-order valence-electron chi connectivity index (χ4n) is 4.19. The molecule has 1 aliphatic carbocycles. The van der Waals surface area contributed by atoms with Crippen LogP contribution < -0.4 is 5.32 Å². The fourth-order valence-corrected chi connectivity index (χ4v) is 4.19. The predicted octanol–water partition coefficient (Wildman–Crippen LogP) is 4.42. The lowest BCUT2D eigenvalue weighted by molar-refractivity contribution is -0.127. The molecule has 1 amide bonds. The van der Waals surface area contributed by atoms with Crippen LogP contribution in [0.3, 0.4) is 0 Å².